The fourth-order valence-electron chi connectivity index (χ4n) is 2.11. The van der Waals surface area contributed by atoms with E-state index >= 15 is 0 Å². The number of thiophene rings is 1. The molecule has 0 atom stereocenters. The largest absolute Gasteiger partial charge is 0.497 e. The SMILES string of the molecule is CCc1ccsc1-c1nc(Cl)c2ccc(OC)cc2n1. The molecular formula is C15H13ClN2OS. The highest BCUT2D eigenvalue weighted by Gasteiger charge is 2.12. The Bertz CT molecular complexity index is 770. The molecule has 0 fully saturated rings. The van der Waals surface area contributed by atoms with Gasteiger partial charge in [0.1, 0.15) is 10.9 Å². The number of halogens is 1. The molecule has 5 heteroatoms. The quantitative estimate of drug-likeness (QED) is 0.664. The lowest BCUT2D eigenvalue weighted by Crippen LogP contribution is -1.93. The number of methoxy groups -OCH3 is 1. The Morgan fingerprint density at radius 3 is 2.85 bits per heavy atom. The number of benzene rings is 1. The minimum Gasteiger partial charge on any atom is -0.497 e. The van der Waals surface area contributed by atoms with Crippen molar-refractivity contribution in [3.63, 3.8) is 0 Å². The molecule has 0 saturated carbocycles. The van der Waals surface area contributed by atoms with Crippen LogP contribution in [0.5, 0.6) is 5.75 Å². The normalized spacial score (nSPS) is 10.9. The van der Waals surface area contributed by atoms with Crippen molar-refractivity contribution < 1.29 is 4.74 Å². The second kappa shape index (κ2) is 5.38. The summed E-state index contributed by atoms with van der Waals surface area (Å²) in [4.78, 5) is 10.1. The number of fused-ring (bicyclic) bond motifs is 1. The molecule has 0 unspecified atom stereocenters. The van der Waals surface area contributed by atoms with E-state index in [1.54, 1.807) is 18.4 Å². The van der Waals surface area contributed by atoms with Crippen LogP contribution in [0.3, 0.4) is 0 Å². The molecule has 3 nitrogen and oxygen atoms in total. The van der Waals surface area contributed by atoms with Crippen LogP contribution >= 0.6 is 22.9 Å². The number of hydrogen-bond donors (Lipinski definition) is 0. The summed E-state index contributed by atoms with van der Waals surface area (Å²) in [7, 11) is 1.64. The van der Waals surface area contributed by atoms with Gasteiger partial charge in [0, 0.05) is 11.5 Å². The van der Waals surface area contributed by atoms with E-state index in [1.807, 2.05) is 18.2 Å². The molecule has 0 saturated heterocycles. The predicted octanol–water partition coefficient (Wildman–Crippen LogP) is 4.58. The smallest absolute Gasteiger partial charge is 0.171 e. The minimum atomic E-state index is 0.475. The number of aromatic nitrogens is 2. The molecule has 0 aliphatic rings. The minimum absolute atomic E-state index is 0.475. The lowest BCUT2D eigenvalue weighted by atomic mass is 10.2. The molecule has 102 valence electrons. The Balaban J connectivity index is 2.22. The van der Waals surface area contributed by atoms with E-state index in [2.05, 4.69) is 28.3 Å². The van der Waals surface area contributed by atoms with Gasteiger partial charge in [-0.2, -0.15) is 0 Å². The third-order valence-corrected chi connectivity index (χ3v) is 4.43. The molecule has 3 rings (SSSR count). The van der Waals surface area contributed by atoms with Crippen molar-refractivity contribution >= 4 is 33.8 Å². The van der Waals surface area contributed by atoms with Gasteiger partial charge in [0.2, 0.25) is 0 Å². The molecule has 0 bridgehead atoms. The van der Waals surface area contributed by atoms with Crippen LogP contribution in [0.1, 0.15) is 12.5 Å². The van der Waals surface area contributed by atoms with Crippen molar-refractivity contribution in [3.05, 3.63) is 40.4 Å². The van der Waals surface area contributed by atoms with Gasteiger partial charge in [0.15, 0.2) is 5.82 Å². The van der Waals surface area contributed by atoms with Crippen molar-refractivity contribution in [2.24, 2.45) is 0 Å². The predicted molar refractivity (Wildman–Crippen MR) is 83.8 cm³/mol. The molecule has 0 spiro atoms. The van der Waals surface area contributed by atoms with Crippen LogP contribution in [-0.4, -0.2) is 17.1 Å². The average Bonchev–Trinajstić information content (AvgIpc) is 2.95. The van der Waals surface area contributed by atoms with Crippen molar-refractivity contribution in [2.45, 2.75) is 13.3 Å². The highest BCUT2D eigenvalue weighted by atomic mass is 35.5. The standard InChI is InChI=1S/C15H13ClN2OS/c1-3-9-6-7-20-13(9)15-17-12-8-10(19-2)4-5-11(12)14(16)18-15/h4-8H,3H2,1-2H3. The van der Waals surface area contributed by atoms with Crippen molar-refractivity contribution in [3.8, 4) is 16.5 Å². The van der Waals surface area contributed by atoms with Crippen molar-refractivity contribution in [1.29, 1.82) is 0 Å². The lowest BCUT2D eigenvalue weighted by molar-refractivity contribution is 0.415. The number of rotatable bonds is 3. The Morgan fingerprint density at radius 2 is 2.10 bits per heavy atom. The van der Waals surface area contributed by atoms with Gasteiger partial charge in [-0.05, 0) is 35.6 Å². The summed E-state index contributed by atoms with van der Waals surface area (Å²) < 4.78 is 5.24. The maximum atomic E-state index is 6.28. The Kier molecular flexibility index (Phi) is 3.59. The fraction of sp³-hybridized carbons (Fsp3) is 0.200. The summed E-state index contributed by atoms with van der Waals surface area (Å²) in [6.45, 7) is 2.12. The first-order chi connectivity index (χ1) is 9.72. The molecule has 1 aromatic carbocycles. The van der Waals surface area contributed by atoms with Crippen LogP contribution < -0.4 is 4.74 Å². The summed E-state index contributed by atoms with van der Waals surface area (Å²) >= 11 is 7.92. The zero-order valence-electron chi connectivity index (χ0n) is 11.2. The van der Waals surface area contributed by atoms with Crippen LogP contribution in [0, 0.1) is 0 Å². The lowest BCUT2D eigenvalue weighted by Gasteiger charge is -2.06. The van der Waals surface area contributed by atoms with Gasteiger partial charge in [-0.3, -0.25) is 0 Å². The number of ether oxygens (including phenoxy) is 1. The number of aryl methyl sites for hydroxylation is 1. The van der Waals surface area contributed by atoms with Crippen molar-refractivity contribution in [1.82, 2.24) is 9.97 Å². The number of hydrogen-bond acceptors (Lipinski definition) is 4. The van der Waals surface area contributed by atoms with E-state index in [1.165, 1.54) is 5.56 Å². The van der Waals surface area contributed by atoms with Gasteiger partial charge >= 0.3 is 0 Å². The van der Waals surface area contributed by atoms with Crippen LogP contribution in [0.2, 0.25) is 5.15 Å². The first-order valence-corrected chi connectivity index (χ1v) is 7.56. The summed E-state index contributed by atoms with van der Waals surface area (Å²) in [5.41, 5.74) is 2.04. The zero-order chi connectivity index (χ0) is 14.1. The molecular weight excluding hydrogens is 292 g/mol. The average molecular weight is 305 g/mol. The topological polar surface area (TPSA) is 35.0 Å². The van der Waals surface area contributed by atoms with Gasteiger partial charge in [0.05, 0.1) is 17.5 Å². The van der Waals surface area contributed by atoms with Crippen molar-refractivity contribution in [2.75, 3.05) is 7.11 Å². The first kappa shape index (κ1) is 13.3. The molecule has 20 heavy (non-hydrogen) atoms. The van der Waals surface area contributed by atoms with Gasteiger partial charge in [0.25, 0.3) is 0 Å². The van der Waals surface area contributed by atoms with E-state index in [9.17, 15) is 0 Å². The second-order valence-electron chi connectivity index (χ2n) is 4.35. The van der Waals surface area contributed by atoms with E-state index in [0.717, 1.165) is 28.0 Å². The maximum Gasteiger partial charge on any atom is 0.171 e. The Morgan fingerprint density at radius 1 is 1.25 bits per heavy atom. The Hall–Kier alpha value is -1.65. The summed E-state index contributed by atoms with van der Waals surface area (Å²) in [5, 5.41) is 3.37. The van der Waals surface area contributed by atoms with Gasteiger partial charge in [-0.15, -0.1) is 11.3 Å². The third-order valence-electron chi connectivity index (χ3n) is 3.19. The Labute approximate surface area is 126 Å². The fourth-order valence-corrected chi connectivity index (χ4v) is 3.28. The van der Waals surface area contributed by atoms with E-state index in [0.29, 0.717) is 11.0 Å². The summed E-state index contributed by atoms with van der Waals surface area (Å²) in [6.07, 6.45) is 0.954. The van der Waals surface area contributed by atoms with Gasteiger partial charge in [-0.25, -0.2) is 9.97 Å². The number of nitrogens with zero attached hydrogens (tertiary/aromatic N) is 2. The van der Waals surface area contributed by atoms with Crippen LogP contribution in [0.15, 0.2) is 29.6 Å². The monoisotopic (exact) mass is 304 g/mol. The summed E-state index contributed by atoms with van der Waals surface area (Å²) in [5.74, 6) is 1.45. The van der Waals surface area contributed by atoms with Crippen LogP contribution in [0.25, 0.3) is 21.6 Å². The summed E-state index contributed by atoms with van der Waals surface area (Å²) in [6, 6.07) is 7.73. The van der Waals surface area contributed by atoms with E-state index in [4.69, 9.17) is 16.3 Å². The highest BCUT2D eigenvalue weighted by Crippen LogP contribution is 2.31. The van der Waals surface area contributed by atoms with Gasteiger partial charge in [-0.1, -0.05) is 18.5 Å². The zero-order valence-corrected chi connectivity index (χ0v) is 12.8. The second-order valence-corrected chi connectivity index (χ2v) is 5.62. The van der Waals surface area contributed by atoms with Crippen LogP contribution in [0.4, 0.5) is 0 Å². The molecule has 0 amide bonds. The van der Waals surface area contributed by atoms with E-state index < -0.39 is 0 Å². The molecule has 0 radical (unpaired) electrons. The molecule has 0 aliphatic heterocycles. The van der Waals surface area contributed by atoms with E-state index in [-0.39, 0.29) is 0 Å². The molecule has 2 aromatic heterocycles. The molecule has 0 aliphatic carbocycles. The van der Waals surface area contributed by atoms with Crippen LogP contribution in [-0.2, 0) is 6.42 Å². The molecule has 0 N–H and O–H groups in total. The third kappa shape index (κ3) is 2.25. The van der Waals surface area contributed by atoms with Gasteiger partial charge < -0.3 is 4.74 Å². The maximum absolute atomic E-state index is 6.28. The molecule has 2 heterocycles. The first-order valence-electron chi connectivity index (χ1n) is 6.31. The molecule has 3 aromatic rings. The highest BCUT2D eigenvalue weighted by molar-refractivity contribution is 7.13.